The third-order valence-corrected chi connectivity index (χ3v) is 7.08. The van der Waals surface area contributed by atoms with Crippen molar-refractivity contribution in [3.05, 3.63) is 10.6 Å². The Hall–Kier alpha value is -0.700. The molecule has 1 aromatic rings. The van der Waals surface area contributed by atoms with E-state index < -0.39 is 0 Å². The van der Waals surface area contributed by atoms with E-state index in [1.165, 1.54) is 28.8 Å². The molecular formula is C16H24N4OS3. The zero-order valence-corrected chi connectivity index (χ0v) is 16.7. The third-order valence-electron chi connectivity index (χ3n) is 4.52. The Morgan fingerprint density at radius 1 is 1.42 bits per heavy atom. The van der Waals surface area contributed by atoms with E-state index in [1.807, 2.05) is 0 Å². The van der Waals surface area contributed by atoms with E-state index in [4.69, 9.17) is 12.2 Å². The van der Waals surface area contributed by atoms with Crippen LogP contribution in [0.4, 0.5) is 5.13 Å². The van der Waals surface area contributed by atoms with Gasteiger partial charge in [0.15, 0.2) is 5.13 Å². The fourth-order valence-electron chi connectivity index (χ4n) is 2.96. The van der Waals surface area contributed by atoms with Crippen molar-refractivity contribution < 1.29 is 4.79 Å². The summed E-state index contributed by atoms with van der Waals surface area (Å²) in [7, 11) is 2.12. The molecular weight excluding hydrogens is 360 g/mol. The van der Waals surface area contributed by atoms with Crippen LogP contribution in [0.1, 0.15) is 23.9 Å². The van der Waals surface area contributed by atoms with Gasteiger partial charge in [-0.25, -0.2) is 4.98 Å². The molecule has 1 aliphatic carbocycles. The van der Waals surface area contributed by atoms with E-state index >= 15 is 0 Å². The highest BCUT2D eigenvalue weighted by Crippen LogP contribution is 2.32. The summed E-state index contributed by atoms with van der Waals surface area (Å²) in [6, 6.07) is 0. The van der Waals surface area contributed by atoms with Crippen molar-refractivity contribution in [2.45, 2.75) is 26.2 Å². The van der Waals surface area contributed by atoms with Gasteiger partial charge in [0, 0.05) is 31.1 Å². The summed E-state index contributed by atoms with van der Waals surface area (Å²) >= 11 is 8.54. The number of aryl methyl sites for hydroxylation is 1. The van der Waals surface area contributed by atoms with Gasteiger partial charge in [0.05, 0.1) is 11.4 Å². The van der Waals surface area contributed by atoms with E-state index in [0.29, 0.717) is 5.75 Å². The van der Waals surface area contributed by atoms with Crippen molar-refractivity contribution in [3.8, 4) is 0 Å². The maximum absolute atomic E-state index is 12.2. The number of anilines is 1. The van der Waals surface area contributed by atoms with Gasteiger partial charge < -0.3 is 15.1 Å². The lowest BCUT2D eigenvalue weighted by Gasteiger charge is -2.33. The van der Waals surface area contributed by atoms with Gasteiger partial charge >= 0.3 is 0 Å². The summed E-state index contributed by atoms with van der Waals surface area (Å²) in [5.41, 5.74) is 1.18. The highest BCUT2D eigenvalue weighted by Gasteiger charge is 2.21. The van der Waals surface area contributed by atoms with Crippen LogP contribution >= 0.6 is 35.3 Å². The van der Waals surface area contributed by atoms with E-state index in [0.717, 1.165) is 54.4 Å². The summed E-state index contributed by atoms with van der Waals surface area (Å²) in [4.78, 5) is 22.6. The number of thiazole rings is 1. The number of hydrogen-bond acceptors (Lipinski definition) is 6. The first kappa shape index (κ1) is 18.1. The number of nitrogens with one attached hydrogen (secondary N) is 1. The molecule has 0 unspecified atom stereocenters. The van der Waals surface area contributed by atoms with Crippen LogP contribution in [-0.2, 0) is 17.6 Å². The zero-order valence-electron chi connectivity index (χ0n) is 14.2. The van der Waals surface area contributed by atoms with Crippen LogP contribution in [0.5, 0.6) is 0 Å². The number of thiocarbonyl (C=S) groups is 1. The van der Waals surface area contributed by atoms with Gasteiger partial charge in [0.25, 0.3) is 0 Å². The minimum atomic E-state index is -0.0179. The fraction of sp³-hybridized carbons (Fsp3) is 0.688. The maximum atomic E-state index is 12.2. The van der Waals surface area contributed by atoms with Crippen molar-refractivity contribution in [2.24, 2.45) is 5.92 Å². The van der Waals surface area contributed by atoms with Crippen molar-refractivity contribution in [3.63, 3.8) is 0 Å². The summed E-state index contributed by atoms with van der Waals surface area (Å²) < 4.78 is 0.825. The number of aromatic nitrogens is 1. The molecule has 0 bridgehead atoms. The quantitative estimate of drug-likeness (QED) is 0.808. The number of nitrogens with zero attached hydrogens (tertiary/aromatic N) is 3. The second-order valence-corrected chi connectivity index (χ2v) is 9.32. The Bertz CT molecular complexity index is 610. The van der Waals surface area contributed by atoms with Crippen LogP contribution in [-0.4, -0.2) is 64.0 Å². The molecule has 1 N–H and O–H groups in total. The Balaban J connectivity index is 1.45. The van der Waals surface area contributed by atoms with Crippen LogP contribution < -0.4 is 5.32 Å². The van der Waals surface area contributed by atoms with Gasteiger partial charge in [-0.2, -0.15) is 0 Å². The van der Waals surface area contributed by atoms with Crippen LogP contribution in [0.25, 0.3) is 0 Å². The molecule has 0 saturated carbocycles. The molecule has 2 aliphatic rings. The fourth-order valence-corrected chi connectivity index (χ4v) is 5.19. The summed E-state index contributed by atoms with van der Waals surface area (Å²) in [6.07, 6.45) is 3.31. The molecule has 0 radical (unpaired) electrons. The molecule has 8 heteroatoms. The normalized spacial score (nSPS) is 21.4. The Kier molecular flexibility index (Phi) is 6.12. The number of amides is 1. The lowest BCUT2D eigenvalue weighted by molar-refractivity contribution is -0.113. The number of carbonyl (C=O) groups is 1. The van der Waals surface area contributed by atoms with Gasteiger partial charge in [-0.1, -0.05) is 30.9 Å². The molecule has 1 aliphatic heterocycles. The molecule has 2 heterocycles. The molecule has 1 fully saturated rings. The van der Waals surface area contributed by atoms with E-state index in [2.05, 4.69) is 34.1 Å². The monoisotopic (exact) mass is 384 g/mol. The first-order valence-electron chi connectivity index (χ1n) is 8.40. The lowest BCUT2D eigenvalue weighted by Crippen LogP contribution is -2.46. The lowest BCUT2D eigenvalue weighted by atomic mass is 9.93. The highest BCUT2D eigenvalue weighted by molar-refractivity contribution is 8.23. The average molecular weight is 385 g/mol. The molecule has 0 spiro atoms. The first-order chi connectivity index (χ1) is 11.5. The van der Waals surface area contributed by atoms with Gasteiger partial charge in [-0.05, 0) is 32.2 Å². The van der Waals surface area contributed by atoms with Crippen molar-refractivity contribution in [2.75, 3.05) is 44.3 Å². The van der Waals surface area contributed by atoms with Gasteiger partial charge in [0.2, 0.25) is 5.91 Å². The average Bonchev–Trinajstić information content (AvgIpc) is 2.94. The maximum Gasteiger partial charge on any atom is 0.236 e. The molecule has 1 amide bonds. The predicted molar refractivity (Wildman–Crippen MR) is 106 cm³/mol. The van der Waals surface area contributed by atoms with Crippen LogP contribution in [0.15, 0.2) is 0 Å². The predicted octanol–water partition coefficient (Wildman–Crippen LogP) is 2.47. The first-order valence-corrected chi connectivity index (χ1v) is 10.6. The highest BCUT2D eigenvalue weighted by atomic mass is 32.2. The number of carbonyl (C=O) groups excluding carboxylic acids is 1. The number of piperazine rings is 1. The van der Waals surface area contributed by atoms with Crippen molar-refractivity contribution in [1.82, 2.24) is 14.8 Å². The summed E-state index contributed by atoms with van der Waals surface area (Å²) in [5.74, 6) is 1.06. The van der Waals surface area contributed by atoms with Crippen molar-refractivity contribution >= 4 is 50.7 Å². The number of thioether (sulfide) groups is 1. The van der Waals surface area contributed by atoms with Crippen molar-refractivity contribution in [1.29, 1.82) is 0 Å². The number of fused-ring (bicyclic) bond motifs is 1. The topological polar surface area (TPSA) is 48.5 Å². The smallest absolute Gasteiger partial charge is 0.236 e. The van der Waals surface area contributed by atoms with Gasteiger partial charge in [-0.15, -0.1) is 11.3 Å². The van der Waals surface area contributed by atoms with Gasteiger partial charge in [0.1, 0.15) is 4.32 Å². The van der Waals surface area contributed by atoms with E-state index in [-0.39, 0.29) is 5.91 Å². The second-order valence-electron chi connectivity index (χ2n) is 6.63. The Labute approximate surface area is 157 Å². The largest absolute Gasteiger partial charge is 0.355 e. The minimum absolute atomic E-state index is 0.0179. The second kappa shape index (κ2) is 8.12. The summed E-state index contributed by atoms with van der Waals surface area (Å²) in [5, 5.41) is 3.68. The van der Waals surface area contributed by atoms with Crippen LogP contribution in [0.2, 0.25) is 0 Å². The summed E-state index contributed by atoms with van der Waals surface area (Å²) in [6.45, 7) is 6.21. The molecule has 24 heavy (non-hydrogen) atoms. The molecule has 1 atom stereocenters. The molecule has 0 aromatic carbocycles. The molecule has 1 aromatic heterocycles. The van der Waals surface area contributed by atoms with E-state index in [1.54, 1.807) is 11.3 Å². The van der Waals surface area contributed by atoms with Crippen LogP contribution in [0.3, 0.4) is 0 Å². The number of hydrogen-bond donors (Lipinski definition) is 1. The number of likely N-dealkylation sites (N-methyl/N-ethyl adjacent to an activating group) is 1. The minimum Gasteiger partial charge on any atom is -0.355 e. The molecule has 1 saturated heterocycles. The van der Waals surface area contributed by atoms with Gasteiger partial charge in [-0.3, -0.25) is 4.79 Å². The SMILES string of the molecule is C[C@H]1CCc2nc(NC(=O)CSC(=S)N3CCN(C)CC3)sc2C1. The molecule has 5 nitrogen and oxygen atoms in total. The molecule has 132 valence electrons. The zero-order chi connectivity index (χ0) is 17.1. The number of rotatable bonds is 3. The Morgan fingerprint density at radius 2 is 2.17 bits per heavy atom. The van der Waals surface area contributed by atoms with Crippen LogP contribution in [0, 0.1) is 5.92 Å². The molecule has 3 rings (SSSR count). The standard InChI is InChI=1S/C16H24N4OS3/c1-11-3-4-12-13(9-11)24-15(17-12)18-14(21)10-23-16(22)20-7-5-19(2)6-8-20/h11H,3-10H2,1-2H3,(H,17,18,21)/t11-/m0/s1. The Morgan fingerprint density at radius 3 is 2.92 bits per heavy atom. The third kappa shape index (κ3) is 4.68. The van der Waals surface area contributed by atoms with E-state index in [9.17, 15) is 4.79 Å².